The predicted octanol–water partition coefficient (Wildman–Crippen LogP) is 3.25. The van der Waals surface area contributed by atoms with Crippen LogP contribution >= 0.6 is 11.8 Å². The van der Waals surface area contributed by atoms with Gasteiger partial charge in [0.25, 0.3) is 0 Å². The first-order valence-corrected chi connectivity index (χ1v) is 10.7. The summed E-state index contributed by atoms with van der Waals surface area (Å²) < 4.78 is 15.5. The van der Waals surface area contributed by atoms with Gasteiger partial charge in [-0.1, -0.05) is 18.2 Å². The molecule has 1 aliphatic heterocycles. The second-order valence-corrected chi connectivity index (χ2v) is 7.86. The second-order valence-electron chi connectivity index (χ2n) is 6.76. The summed E-state index contributed by atoms with van der Waals surface area (Å²) in [7, 11) is 1.96. The van der Waals surface area contributed by atoms with Crippen LogP contribution in [0.4, 0.5) is 4.39 Å². The van der Waals surface area contributed by atoms with Crippen molar-refractivity contribution in [2.45, 2.75) is 25.0 Å². The van der Waals surface area contributed by atoms with Gasteiger partial charge in [0.15, 0.2) is 5.96 Å². The van der Waals surface area contributed by atoms with Crippen molar-refractivity contribution >= 4 is 17.7 Å². The Balaban J connectivity index is 1.49. The summed E-state index contributed by atoms with van der Waals surface area (Å²) in [6.45, 7) is 5.66. The van der Waals surface area contributed by atoms with Crippen molar-refractivity contribution in [2.75, 3.05) is 31.9 Å². The van der Waals surface area contributed by atoms with E-state index in [0.717, 1.165) is 49.9 Å². The number of hydrogen-bond donors (Lipinski definition) is 1. The Hall–Kier alpha value is -2.02. The molecule has 1 atom stereocenters. The lowest BCUT2D eigenvalue weighted by Gasteiger charge is -2.21. The van der Waals surface area contributed by atoms with E-state index in [4.69, 9.17) is 4.99 Å². The fourth-order valence-electron chi connectivity index (χ4n) is 3.32. The number of benzene rings is 1. The normalized spacial score (nSPS) is 17.5. The number of aryl methyl sites for hydroxylation is 1. The number of halogens is 1. The summed E-state index contributed by atoms with van der Waals surface area (Å²) in [5.74, 6) is 2.93. The number of nitrogens with one attached hydrogen (secondary N) is 1. The summed E-state index contributed by atoms with van der Waals surface area (Å²) in [5.41, 5.74) is 2.06. The number of likely N-dealkylation sites (tertiary alicyclic amines) is 1. The lowest BCUT2D eigenvalue weighted by atomic mass is 10.0. The fraction of sp³-hybridized carbons (Fsp3) is 0.500. The molecule has 27 heavy (non-hydrogen) atoms. The van der Waals surface area contributed by atoms with Gasteiger partial charge in [-0.05, 0) is 30.5 Å². The maximum absolute atomic E-state index is 13.6. The van der Waals surface area contributed by atoms with E-state index < -0.39 is 0 Å². The largest absolute Gasteiger partial charge is 0.357 e. The number of hydrogen-bond acceptors (Lipinski definition) is 3. The zero-order valence-electron chi connectivity index (χ0n) is 16.1. The van der Waals surface area contributed by atoms with Gasteiger partial charge in [-0.15, -0.1) is 0 Å². The molecule has 146 valence electrons. The van der Waals surface area contributed by atoms with Gasteiger partial charge in [-0.25, -0.2) is 4.39 Å². The molecule has 1 aromatic carbocycles. The molecule has 1 fully saturated rings. The molecule has 1 unspecified atom stereocenters. The number of aliphatic imine (C=N–C) groups is 1. The van der Waals surface area contributed by atoms with Gasteiger partial charge >= 0.3 is 0 Å². The van der Waals surface area contributed by atoms with Crippen LogP contribution in [-0.2, 0) is 12.8 Å². The summed E-state index contributed by atoms with van der Waals surface area (Å²) in [5, 5.41) is 7.70. The van der Waals surface area contributed by atoms with Crippen LogP contribution in [-0.4, -0.2) is 52.6 Å². The maximum Gasteiger partial charge on any atom is 0.193 e. The van der Waals surface area contributed by atoms with E-state index in [9.17, 15) is 4.39 Å². The minimum Gasteiger partial charge on any atom is -0.357 e. The van der Waals surface area contributed by atoms with Crippen LogP contribution < -0.4 is 5.32 Å². The average molecular weight is 390 g/mol. The van der Waals surface area contributed by atoms with Crippen molar-refractivity contribution in [3.05, 3.63) is 53.6 Å². The molecular formula is C20H28FN5S. The zero-order chi connectivity index (χ0) is 19.1. The number of guanidine groups is 1. The van der Waals surface area contributed by atoms with Gasteiger partial charge in [-0.2, -0.15) is 16.9 Å². The van der Waals surface area contributed by atoms with E-state index in [-0.39, 0.29) is 5.82 Å². The van der Waals surface area contributed by atoms with Crippen molar-refractivity contribution in [3.8, 4) is 0 Å². The summed E-state index contributed by atoms with van der Waals surface area (Å²) in [4.78, 5) is 7.11. The summed E-state index contributed by atoms with van der Waals surface area (Å²) in [6, 6.07) is 6.97. The van der Waals surface area contributed by atoms with Crippen LogP contribution in [0.3, 0.4) is 0 Å². The fourth-order valence-corrected chi connectivity index (χ4v) is 4.13. The van der Waals surface area contributed by atoms with Gasteiger partial charge < -0.3 is 10.2 Å². The molecule has 0 saturated carbocycles. The minimum absolute atomic E-state index is 0.125. The Labute approximate surface area is 165 Å². The molecule has 1 saturated heterocycles. The third-order valence-electron chi connectivity index (χ3n) is 4.73. The SMILES string of the molecule is CCNC(=NCCSCc1ccccc1F)N1CCC(c2cnn(C)c2)C1. The Morgan fingerprint density at radius 1 is 1.41 bits per heavy atom. The van der Waals surface area contributed by atoms with Crippen molar-refractivity contribution in [1.29, 1.82) is 0 Å². The first-order chi connectivity index (χ1) is 13.2. The van der Waals surface area contributed by atoms with Gasteiger partial charge in [0.05, 0.1) is 12.7 Å². The highest BCUT2D eigenvalue weighted by molar-refractivity contribution is 7.98. The third-order valence-corrected chi connectivity index (χ3v) is 5.72. The van der Waals surface area contributed by atoms with Crippen molar-refractivity contribution in [1.82, 2.24) is 20.0 Å². The van der Waals surface area contributed by atoms with Crippen LogP contribution in [0.1, 0.15) is 30.4 Å². The molecule has 0 aliphatic carbocycles. The molecule has 2 heterocycles. The van der Waals surface area contributed by atoms with E-state index in [0.29, 0.717) is 11.7 Å². The molecule has 2 aromatic rings. The minimum atomic E-state index is -0.125. The Kier molecular flexibility index (Phi) is 7.15. The van der Waals surface area contributed by atoms with Crippen molar-refractivity contribution in [3.63, 3.8) is 0 Å². The molecule has 0 amide bonds. The first-order valence-electron chi connectivity index (χ1n) is 9.50. The van der Waals surface area contributed by atoms with Gasteiger partial charge in [0.1, 0.15) is 5.82 Å². The topological polar surface area (TPSA) is 45.5 Å². The smallest absolute Gasteiger partial charge is 0.193 e. The van der Waals surface area contributed by atoms with Crippen molar-refractivity contribution in [2.24, 2.45) is 12.0 Å². The molecule has 0 spiro atoms. The van der Waals surface area contributed by atoms with Crippen LogP contribution in [0.15, 0.2) is 41.7 Å². The molecule has 0 radical (unpaired) electrons. The number of nitrogens with zero attached hydrogens (tertiary/aromatic N) is 4. The van der Waals surface area contributed by atoms with Crippen molar-refractivity contribution < 1.29 is 4.39 Å². The van der Waals surface area contributed by atoms with Crippen LogP contribution in [0.2, 0.25) is 0 Å². The summed E-state index contributed by atoms with van der Waals surface area (Å²) >= 11 is 1.72. The van der Waals surface area contributed by atoms with E-state index in [1.807, 2.05) is 30.1 Å². The van der Waals surface area contributed by atoms with E-state index in [1.54, 1.807) is 17.8 Å². The number of thioether (sulfide) groups is 1. The molecule has 5 nitrogen and oxygen atoms in total. The quantitative estimate of drug-likeness (QED) is 0.449. The lowest BCUT2D eigenvalue weighted by Crippen LogP contribution is -2.40. The summed E-state index contributed by atoms with van der Waals surface area (Å²) in [6.07, 6.45) is 5.20. The van der Waals surface area contributed by atoms with Gasteiger partial charge in [0.2, 0.25) is 0 Å². The molecule has 1 N–H and O–H groups in total. The molecule has 3 rings (SSSR count). The molecule has 1 aromatic heterocycles. The number of aromatic nitrogens is 2. The highest BCUT2D eigenvalue weighted by Crippen LogP contribution is 2.26. The van der Waals surface area contributed by atoms with E-state index in [2.05, 4.69) is 28.4 Å². The zero-order valence-corrected chi connectivity index (χ0v) is 16.9. The number of rotatable bonds is 7. The maximum atomic E-state index is 13.6. The Morgan fingerprint density at radius 2 is 2.26 bits per heavy atom. The monoisotopic (exact) mass is 389 g/mol. The standard InChI is InChI=1S/C20H28FN5S/c1-3-22-20(23-9-11-27-15-17-6-4-5-7-19(17)21)26-10-8-16(14-26)18-12-24-25(2)13-18/h4-7,12-13,16H,3,8-11,14-15H2,1-2H3,(H,22,23). The Morgan fingerprint density at radius 3 is 3.00 bits per heavy atom. The third kappa shape index (κ3) is 5.48. The predicted molar refractivity (Wildman–Crippen MR) is 111 cm³/mol. The lowest BCUT2D eigenvalue weighted by molar-refractivity contribution is 0.487. The molecule has 7 heteroatoms. The Bertz CT molecular complexity index is 760. The van der Waals surface area contributed by atoms with Gasteiger partial charge in [-0.3, -0.25) is 9.67 Å². The van der Waals surface area contributed by atoms with E-state index >= 15 is 0 Å². The average Bonchev–Trinajstić information content (AvgIpc) is 3.31. The molecule has 1 aliphatic rings. The van der Waals surface area contributed by atoms with Crippen LogP contribution in [0.5, 0.6) is 0 Å². The van der Waals surface area contributed by atoms with Crippen LogP contribution in [0.25, 0.3) is 0 Å². The second kappa shape index (κ2) is 9.78. The first kappa shape index (κ1) is 19.7. The van der Waals surface area contributed by atoms with Gasteiger partial charge in [0, 0.05) is 50.3 Å². The highest BCUT2D eigenvalue weighted by Gasteiger charge is 2.26. The highest BCUT2D eigenvalue weighted by atomic mass is 32.2. The molecular weight excluding hydrogens is 361 g/mol. The van der Waals surface area contributed by atoms with Crippen LogP contribution in [0, 0.1) is 5.82 Å². The van der Waals surface area contributed by atoms with E-state index in [1.165, 1.54) is 11.6 Å². The molecule has 0 bridgehead atoms.